The minimum Gasteiger partial charge on any atom is -0.381 e. The zero-order valence-electron chi connectivity index (χ0n) is 11.8. The SMILES string of the molecule is CCCCCCOCC(CCCN=C=O)CN=C=O. The fourth-order valence-electron chi connectivity index (χ4n) is 1.78. The molecule has 0 aliphatic rings. The summed E-state index contributed by atoms with van der Waals surface area (Å²) >= 11 is 0. The lowest BCUT2D eigenvalue weighted by molar-refractivity contribution is 0.0952. The quantitative estimate of drug-likeness (QED) is 0.293. The van der Waals surface area contributed by atoms with Crippen LogP contribution in [0.25, 0.3) is 0 Å². The second-order valence-corrected chi connectivity index (χ2v) is 4.55. The maximum absolute atomic E-state index is 10.1. The van der Waals surface area contributed by atoms with E-state index in [1.165, 1.54) is 25.3 Å². The number of unbranched alkanes of at least 4 members (excludes halogenated alkanes) is 3. The van der Waals surface area contributed by atoms with E-state index >= 15 is 0 Å². The normalized spacial score (nSPS) is 11.4. The molecule has 0 aliphatic carbocycles. The molecule has 1 atom stereocenters. The summed E-state index contributed by atoms with van der Waals surface area (Å²) in [6.45, 7) is 4.44. The summed E-state index contributed by atoms with van der Waals surface area (Å²) in [5, 5.41) is 0. The van der Waals surface area contributed by atoms with Gasteiger partial charge in [-0.15, -0.1) is 0 Å². The first-order chi connectivity index (χ1) is 9.35. The lowest BCUT2D eigenvalue weighted by atomic mass is 10.0. The van der Waals surface area contributed by atoms with Gasteiger partial charge in [-0.1, -0.05) is 26.2 Å². The maximum Gasteiger partial charge on any atom is 0.234 e. The van der Waals surface area contributed by atoms with Crippen LogP contribution in [0.4, 0.5) is 0 Å². The first kappa shape index (κ1) is 17.7. The van der Waals surface area contributed by atoms with Crippen molar-refractivity contribution in [1.82, 2.24) is 0 Å². The van der Waals surface area contributed by atoms with E-state index in [4.69, 9.17) is 4.74 Å². The highest BCUT2D eigenvalue weighted by Gasteiger charge is 2.08. The van der Waals surface area contributed by atoms with Crippen LogP contribution in [-0.2, 0) is 14.3 Å². The van der Waals surface area contributed by atoms with Crippen molar-refractivity contribution in [2.24, 2.45) is 15.9 Å². The first-order valence-electron chi connectivity index (χ1n) is 7.00. The average Bonchev–Trinajstić information content (AvgIpc) is 2.43. The summed E-state index contributed by atoms with van der Waals surface area (Å²) in [5.74, 6) is 0.203. The molecule has 0 aromatic heterocycles. The van der Waals surface area contributed by atoms with E-state index in [-0.39, 0.29) is 5.92 Å². The topological polar surface area (TPSA) is 68.1 Å². The van der Waals surface area contributed by atoms with E-state index in [1.54, 1.807) is 6.08 Å². The number of hydrogen-bond acceptors (Lipinski definition) is 5. The predicted molar refractivity (Wildman–Crippen MR) is 73.7 cm³/mol. The van der Waals surface area contributed by atoms with E-state index in [0.717, 1.165) is 25.9 Å². The molecule has 0 rings (SSSR count). The largest absolute Gasteiger partial charge is 0.381 e. The number of nitrogens with zero attached hydrogens (tertiary/aromatic N) is 2. The van der Waals surface area contributed by atoms with Gasteiger partial charge >= 0.3 is 0 Å². The molecule has 5 heteroatoms. The van der Waals surface area contributed by atoms with Crippen LogP contribution in [0.15, 0.2) is 9.98 Å². The van der Waals surface area contributed by atoms with Gasteiger partial charge in [0.25, 0.3) is 0 Å². The molecule has 0 saturated heterocycles. The molecule has 5 nitrogen and oxygen atoms in total. The van der Waals surface area contributed by atoms with E-state index in [2.05, 4.69) is 16.9 Å². The Hall–Kier alpha value is -1.28. The van der Waals surface area contributed by atoms with Crippen molar-refractivity contribution in [3.8, 4) is 0 Å². The van der Waals surface area contributed by atoms with Gasteiger partial charge in [0, 0.05) is 12.5 Å². The molecule has 0 N–H and O–H groups in total. The third-order valence-corrected chi connectivity index (χ3v) is 2.86. The summed E-state index contributed by atoms with van der Waals surface area (Å²) in [6, 6.07) is 0. The Balaban J connectivity index is 3.72. The van der Waals surface area contributed by atoms with Crippen molar-refractivity contribution in [1.29, 1.82) is 0 Å². The molecule has 0 amide bonds. The standard InChI is InChI=1S/C14H24N2O3/c1-2-3-4-5-9-19-11-14(10-16-13-18)7-6-8-15-12-17/h14H,2-11H2,1H3. The van der Waals surface area contributed by atoms with Gasteiger partial charge in [-0.25, -0.2) is 19.6 Å². The number of rotatable bonds is 13. The minimum absolute atomic E-state index is 0.203. The van der Waals surface area contributed by atoms with Gasteiger partial charge in [-0.05, 0) is 19.3 Å². The van der Waals surface area contributed by atoms with Gasteiger partial charge in [-0.3, -0.25) is 0 Å². The van der Waals surface area contributed by atoms with Crippen LogP contribution in [0.2, 0.25) is 0 Å². The smallest absolute Gasteiger partial charge is 0.234 e. The maximum atomic E-state index is 10.1. The van der Waals surface area contributed by atoms with E-state index in [9.17, 15) is 9.59 Å². The zero-order valence-corrected chi connectivity index (χ0v) is 11.8. The van der Waals surface area contributed by atoms with Crippen molar-refractivity contribution >= 4 is 12.2 Å². The predicted octanol–water partition coefficient (Wildman–Crippen LogP) is 2.65. The van der Waals surface area contributed by atoms with Crippen LogP contribution in [0.1, 0.15) is 45.4 Å². The lowest BCUT2D eigenvalue weighted by Crippen LogP contribution is -2.14. The molecule has 0 aromatic carbocycles. The number of isocyanates is 2. The Bertz CT molecular complexity index is 295. The van der Waals surface area contributed by atoms with Crippen molar-refractivity contribution in [2.75, 3.05) is 26.3 Å². The van der Waals surface area contributed by atoms with Crippen LogP contribution in [0, 0.1) is 5.92 Å². The van der Waals surface area contributed by atoms with Crippen LogP contribution < -0.4 is 0 Å². The van der Waals surface area contributed by atoms with Crippen molar-refractivity contribution in [3.05, 3.63) is 0 Å². The Morgan fingerprint density at radius 1 is 1.05 bits per heavy atom. The van der Waals surface area contributed by atoms with Gasteiger partial charge in [0.15, 0.2) is 0 Å². The van der Waals surface area contributed by atoms with Gasteiger partial charge in [0.05, 0.1) is 19.7 Å². The highest BCUT2D eigenvalue weighted by Crippen LogP contribution is 2.09. The fourth-order valence-corrected chi connectivity index (χ4v) is 1.78. The summed E-state index contributed by atoms with van der Waals surface area (Å²) in [7, 11) is 0. The summed E-state index contributed by atoms with van der Waals surface area (Å²) in [5.41, 5.74) is 0. The molecule has 0 aliphatic heterocycles. The third kappa shape index (κ3) is 13.0. The van der Waals surface area contributed by atoms with E-state index < -0.39 is 0 Å². The lowest BCUT2D eigenvalue weighted by Gasteiger charge is -2.13. The van der Waals surface area contributed by atoms with E-state index in [1.807, 2.05) is 0 Å². The Kier molecular flexibility index (Phi) is 13.8. The van der Waals surface area contributed by atoms with Crippen molar-refractivity contribution < 1.29 is 14.3 Å². The van der Waals surface area contributed by atoms with Gasteiger partial charge in [0.2, 0.25) is 12.2 Å². The molecular formula is C14H24N2O3. The third-order valence-electron chi connectivity index (χ3n) is 2.86. The van der Waals surface area contributed by atoms with Gasteiger partial charge in [0.1, 0.15) is 0 Å². The molecule has 0 heterocycles. The molecule has 0 aromatic rings. The van der Waals surface area contributed by atoms with Crippen LogP contribution >= 0.6 is 0 Å². The molecular weight excluding hydrogens is 244 g/mol. The first-order valence-corrected chi connectivity index (χ1v) is 7.00. The molecule has 0 radical (unpaired) electrons. The number of carbonyl (C=O) groups excluding carboxylic acids is 2. The van der Waals surface area contributed by atoms with Gasteiger partial charge < -0.3 is 4.74 Å². The number of aliphatic imine (C=N–C) groups is 2. The van der Waals surface area contributed by atoms with Crippen LogP contribution in [0.3, 0.4) is 0 Å². The molecule has 1 unspecified atom stereocenters. The average molecular weight is 268 g/mol. The molecule has 19 heavy (non-hydrogen) atoms. The summed E-state index contributed by atoms with van der Waals surface area (Å²) < 4.78 is 5.60. The van der Waals surface area contributed by atoms with Crippen molar-refractivity contribution in [3.63, 3.8) is 0 Å². The minimum atomic E-state index is 0.203. The monoisotopic (exact) mass is 268 g/mol. The molecule has 108 valence electrons. The van der Waals surface area contributed by atoms with Crippen LogP contribution in [-0.4, -0.2) is 38.5 Å². The molecule has 0 spiro atoms. The van der Waals surface area contributed by atoms with Gasteiger partial charge in [-0.2, -0.15) is 0 Å². The summed E-state index contributed by atoms with van der Waals surface area (Å²) in [6.07, 6.45) is 9.42. The number of ether oxygens (including phenoxy) is 1. The second kappa shape index (κ2) is 14.8. The molecule has 0 bridgehead atoms. The second-order valence-electron chi connectivity index (χ2n) is 4.55. The van der Waals surface area contributed by atoms with Crippen molar-refractivity contribution in [2.45, 2.75) is 45.4 Å². The Morgan fingerprint density at radius 2 is 1.84 bits per heavy atom. The molecule has 0 fully saturated rings. The summed E-state index contributed by atoms with van der Waals surface area (Å²) in [4.78, 5) is 27.2. The van der Waals surface area contributed by atoms with Crippen LogP contribution in [0.5, 0.6) is 0 Å². The number of hydrogen-bond donors (Lipinski definition) is 0. The highest BCUT2D eigenvalue weighted by atomic mass is 16.5. The Labute approximate surface area is 115 Å². The zero-order chi connectivity index (χ0) is 14.2. The van der Waals surface area contributed by atoms with E-state index in [0.29, 0.717) is 19.7 Å². The Morgan fingerprint density at radius 3 is 2.53 bits per heavy atom. The highest BCUT2D eigenvalue weighted by molar-refractivity contribution is 5.33. The fraction of sp³-hybridized carbons (Fsp3) is 0.857. The molecule has 0 saturated carbocycles.